The van der Waals surface area contributed by atoms with Crippen LogP contribution >= 0.6 is 0 Å². The third kappa shape index (κ3) is 3.01. The van der Waals surface area contributed by atoms with Crippen LogP contribution in [0.3, 0.4) is 0 Å². The van der Waals surface area contributed by atoms with Gasteiger partial charge in [0.15, 0.2) is 0 Å². The van der Waals surface area contributed by atoms with Gasteiger partial charge in [-0.15, -0.1) is 0 Å². The van der Waals surface area contributed by atoms with Crippen molar-refractivity contribution in [1.29, 1.82) is 0 Å². The fourth-order valence-corrected chi connectivity index (χ4v) is 1.70. The third-order valence-electron chi connectivity index (χ3n) is 2.36. The molecule has 14 heavy (non-hydrogen) atoms. The van der Waals surface area contributed by atoms with E-state index in [1.807, 2.05) is 6.08 Å². The average Bonchev–Trinajstić information content (AvgIpc) is 2.15. The molecule has 0 radical (unpaired) electrons. The Morgan fingerprint density at radius 3 is 2.71 bits per heavy atom. The lowest BCUT2D eigenvalue weighted by molar-refractivity contribution is 0.147. The Kier molecular flexibility index (Phi) is 3.91. The molecule has 5 nitrogen and oxygen atoms in total. The minimum atomic E-state index is -1.09. The lowest BCUT2D eigenvalue weighted by atomic mass is 9.93. The van der Waals surface area contributed by atoms with Gasteiger partial charge in [0.2, 0.25) is 0 Å². The fraction of sp³-hybridized carbons (Fsp3) is 0.667. The number of nitrogens with one attached hydrogen (secondary N) is 1. The van der Waals surface area contributed by atoms with Crippen LogP contribution in [-0.2, 0) is 0 Å². The normalized spacial score (nSPS) is 20.9. The number of allylic oxidation sites excluding steroid dienone is 1. The first-order valence-corrected chi connectivity index (χ1v) is 4.80. The van der Waals surface area contributed by atoms with Crippen LogP contribution in [0.1, 0.15) is 25.7 Å². The van der Waals surface area contributed by atoms with Crippen molar-refractivity contribution >= 4 is 6.03 Å². The molecule has 6 N–H and O–H groups in total. The topological polar surface area (TPSA) is 101 Å². The molecule has 0 spiro atoms. The van der Waals surface area contributed by atoms with Crippen LogP contribution in [0.2, 0.25) is 0 Å². The van der Waals surface area contributed by atoms with Crippen LogP contribution in [-0.4, -0.2) is 23.4 Å². The number of carbonyl (C=O) groups excluding carboxylic acids is 1. The number of primary amides is 1. The van der Waals surface area contributed by atoms with Crippen LogP contribution in [0, 0.1) is 0 Å². The van der Waals surface area contributed by atoms with E-state index in [1.165, 1.54) is 0 Å². The predicted octanol–water partition coefficient (Wildman–Crippen LogP) is -0.199. The molecule has 1 aliphatic rings. The summed E-state index contributed by atoms with van der Waals surface area (Å²) in [5, 5.41) is 11.7. The first kappa shape index (κ1) is 11.0. The number of aliphatic hydroxyl groups is 1. The molecule has 0 saturated heterocycles. The number of carbonyl (C=O) groups is 1. The van der Waals surface area contributed by atoms with Crippen molar-refractivity contribution in [3.05, 3.63) is 11.6 Å². The summed E-state index contributed by atoms with van der Waals surface area (Å²) in [4.78, 5) is 10.7. The lowest BCUT2D eigenvalue weighted by Crippen LogP contribution is -2.50. The highest BCUT2D eigenvalue weighted by Crippen LogP contribution is 2.20. The SMILES string of the molecule is NC(=O)N[C@@H](C1=CCCCC1)[C@H](N)O. The molecule has 0 bridgehead atoms. The van der Waals surface area contributed by atoms with Gasteiger partial charge in [0.05, 0.1) is 6.04 Å². The van der Waals surface area contributed by atoms with E-state index in [9.17, 15) is 9.90 Å². The summed E-state index contributed by atoms with van der Waals surface area (Å²) in [5.74, 6) is 0. The van der Waals surface area contributed by atoms with Gasteiger partial charge >= 0.3 is 6.03 Å². The Hall–Kier alpha value is -1.07. The van der Waals surface area contributed by atoms with E-state index < -0.39 is 18.3 Å². The predicted molar refractivity (Wildman–Crippen MR) is 53.3 cm³/mol. The smallest absolute Gasteiger partial charge is 0.312 e. The molecular weight excluding hydrogens is 182 g/mol. The highest BCUT2D eigenvalue weighted by molar-refractivity contribution is 5.72. The highest BCUT2D eigenvalue weighted by Gasteiger charge is 2.22. The molecule has 1 aliphatic carbocycles. The van der Waals surface area contributed by atoms with Gasteiger partial charge in [-0.3, -0.25) is 0 Å². The maximum Gasteiger partial charge on any atom is 0.312 e. The molecule has 1 rings (SSSR count). The molecule has 0 unspecified atom stereocenters. The molecule has 2 amide bonds. The maximum absolute atomic E-state index is 10.7. The number of rotatable bonds is 3. The molecular formula is C9H17N3O2. The van der Waals surface area contributed by atoms with E-state index in [0.29, 0.717) is 0 Å². The summed E-state index contributed by atoms with van der Waals surface area (Å²) < 4.78 is 0. The molecule has 2 atom stereocenters. The van der Waals surface area contributed by atoms with E-state index in [0.717, 1.165) is 31.3 Å². The van der Waals surface area contributed by atoms with Gasteiger partial charge in [-0.1, -0.05) is 6.08 Å². The zero-order valence-corrected chi connectivity index (χ0v) is 8.07. The Balaban J connectivity index is 2.65. The summed E-state index contributed by atoms with van der Waals surface area (Å²) in [5.41, 5.74) is 11.3. The number of hydrogen-bond acceptors (Lipinski definition) is 3. The van der Waals surface area contributed by atoms with Gasteiger partial charge in [-0.25, -0.2) is 4.79 Å². The Bertz CT molecular complexity index is 238. The summed E-state index contributed by atoms with van der Waals surface area (Å²) in [6.45, 7) is 0. The van der Waals surface area contributed by atoms with Crippen LogP contribution in [0.15, 0.2) is 11.6 Å². The highest BCUT2D eigenvalue weighted by atomic mass is 16.3. The lowest BCUT2D eigenvalue weighted by Gasteiger charge is -2.25. The van der Waals surface area contributed by atoms with Gasteiger partial charge < -0.3 is 21.9 Å². The van der Waals surface area contributed by atoms with Gasteiger partial charge in [0.1, 0.15) is 6.23 Å². The molecule has 0 aromatic rings. The van der Waals surface area contributed by atoms with Crippen molar-refractivity contribution < 1.29 is 9.90 Å². The maximum atomic E-state index is 10.7. The van der Waals surface area contributed by atoms with Crippen molar-refractivity contribution in [2.75, 3.05) is 0 Å². The monoisotopic (exact) mass is 199 g/mol. The molecule has 80 valence electrons. The van der Waals surface area contributed by atoms with Crippen molar-refractivity contribution in [3.8, 4) is 0 Å². The van der Waals surface area contributed by atoms with Crippen molar-refractivity contribution in [1.82, 2.24) is 5.32 Å². The second kappa shape index (κ2) is 4.97. The molecule has 0 aromatic heterocycles. The van der Waals surface area contributed by atoms with Crippen molar-refractivity contribution in [2.24, 2.45) is 11.5 Å². The van der Waals surface area contributed by atoms with Gasteiger partial charge in [0, 0.05) is 0 Å². The molecule has 0 aliphatic heterocycles. The van der Waals surface area contributed by atoms with Gasteiger partial charge in [-0.05, 0) is 31.3 Å². The van der Waals surface area contributed by atoms with Crippen LogP contribution < -0.4 is 16.8 Å². The van der Waals surface area contributed by atoms with Crippen molar-refractivity contribution in [2.45, 2.75) is 38.0 Å². The van der Waals surface area contributed by atoms with E-state index in [1.54, 1.807) is 0 Å². The number of aliphatic hydroxyl groups excluding tert-OH is 1. The Morgan fingerprint density at radius 2 is 2.29 bits per heavy atom. The number of hydrogen-bond donors (Lipinski definition) is 4. The van der Waals surface area contributed by atoms with Crippen LogP contribution in [0.4, 0.5) is 4.79 Å². The van der Waals surface area contributed by atoms with E-state index in [2.05, 4.69) is 5.32 Å². The second-order valence-electron chi connectivity index (χ2n) is 3.50. The van der Waals surface area contributed by atoms with E-state index in [4.69, 9.17) is 11.5 Å². The van der Waals surface area contributed by atoms with Gasteiger partial charge in [0.25, 0.3) is 0 Å². The van der Waals surface area contributed by atoms with E-state index in [-0.39, 0.29) is 0 Å². The van der Waals surface area contributed by atoms with Crippen molar-refractivity contribution in [3.63, 3.8) is 0 Å². The fourth-order valence-electron chi connectivity index (χ4n) is 1.70. The average molecular weight is 199 g/mol. The third-order valence-corrected chi connectivity index (χ3v) is 2.36. The van der Waals surface area contributed by atoms with Crippen LogP contribution in [0.25, 0.3) is 0 Å². The summed E-state index contributed by atoms with van der Waals surface area (Å²) in [6, 6.07) is -1.20. The molecule has 5 heteroatoms. The molecule has 0 saturated carbocycles. The van der Waals surface area contributed by atoms with Gasteiger partial charge in [-0.2, -0.15) is 0 Å². The number of nitrogens with two attached hydrogens (primary N) is 2. The zero-order chi connectivity index (χ0) is 10.6. The standard InChI is InChI=1S/C9H17N3O2/c10-8(13)7(12-9(11)14)6-4-2-1-3-5-6/h4,7-8,13H,1-3,5,10H2,(H3,11,12,14)/t7-,8+/m0/s1. The number of urea groups is 1. The second-order valence-corrected chi connectivity index (χ2v) is 3.50. The summed E-state index contributed by atoms with van der Waals surface area (Å²) in [7, 11) is 0. The quantitative estimate of drug-likeness (QED) is 0.374. The Labute approximate surface area is 83.1 Å². The first-order chi connectivity index (χ1) is 6.61. The summed E-state index contributed by atoms with van der Waals surface area (Å²) in [6.07, 6.45) is 4.97. The Morgan fingerprint density at radius 1 is 1.57 bits per heavy atom. The minimum Gasteiger partial charge on any atom is -0.376 e. The number of amides is 2. The largest absolute Gasteiger partial charge is 0.376 e. The van der Waals surface area contributed by atoms with E-state index >= 15 is 0 Å². The first-order valence-electron chi connectivity index (χ1n) is 4.80. The zero-order valence-electron chi connectivity index (χ0n) is 8.07. The minimum absolute atomic E-state index is 0.534. The summed E-state index contributed by atoms with van der Waals surface area (Å²) >= 11 is 0. The molecule has 0 aromatic carbocycles. The molecule has 0 fully saturated rings. The van der Waals surface area contributed by atoms with Crippen LogP contribution in [0.5, 0.6) is 0 Å². The molecule has 0 heterocycles.